The molecule has 0 aliphatic rings. The van der Waals surface area contributed by atoms with Crippen LogP contribution in [0, 0.1) is 0 Å². The summed E-state index contributed by atoms with van der Waals surface area (Å²) in [4.78, 5) is 11.6. The number of halogens is 3. The zero-order valence-electron chi connectivity index (χ0n) is 12.4. The molecular formula is C17H15Cl3O3. The van der Waals surface area contributed by atoms with Gasteiger partial charge in [-0.05, 0) is 48.2 Å². The molecule has 0 aromatic heterocycles. The maximum atomic E-state index is 11.6. The van der Waals surface area contributed by atoms with Gasteiger partial charge in [0.15, 0.2) is 0 Å². The van der Waals surface area contributed by atoms with Gasteiger partial charge in [-0.3, -0.25) is 0 Å². The van der Waals surface area contributed by atoms with Crippen LogP contribution in [0.15, 0.2) is 36.4 Å². The van der Waals surface area contributed by atoms with Gasteiger partial charge in [-0.2, -0.15) is 0 Å². The molecule has 0 radical (unpaired) electrons. The Morgan fingerprint density at radius 1 is 1.13 bits per heavy atom. The molecular weight excluding hydrogens is 359 g/mol. The van der Waals surface area contributed by atoms with Crippen LogP contribution in [0.25, 0.3) is 0 Å². The molecule has 3 nitrogen and oxygen atoms in total. The summed E-state index contributed by atoms with van der Waals surface area (Å²) in [6.07, 6.45) is 0.422. The first-order chi connectivity index (χ1) is 10.9. The molecule has 2 aromatic rings. The summed E-state index contributed by atoms with van der Waals surface area (Å²) in [6, 6.07) is 10.5. The summed E-state index contributed by atoms with van der Waals surface area (Å²) < 4.78 is 4.63. The number of aliphatic hydroxyl groups excluding tert-OH is 1. The molecule has 0 saturated carbocycles. The van der Waals surface area contributed by atoms with E-state index in [4.69, 9.17) is 34.8 Å². The van der Waals surface area contributed by atoms with Gasteiger partial charge < -0.3 is 9.84 Å². The van der Waals surface area contributed by atoms with Gasteiger partial charge in [-0.1, -0.05) is 46.9 Å². The Hall–Kier alpha value is -1.26. The zero-order chi connectivity index (χ0) is 17.0. The van der Waals surface area contributed by atoms with E-state index in [1.54, 1.807) is 0 Å². The van der Waals surface area contributed by atoms with Gasteiger partial charge in [0.05, 0.1) is 28.8 Å². The third kappa shape index (κ3) is 4.61. The van der Waals surface area contributed by atoms with Crippen molar-refractivity contribution in [1.29, 1.82) is 0 Å². The van der Waals surface area contributed by atoms with Crippen LogP contribution in [0.5, 0.6) is 0 Å². The lowest BCUT2D eigenvalue weighted by atomic mass is 10.00. The van der Waals surface area contributed by atoms with Gasteiger partial charge in [0.2, 0.25) is 0 Å². The number of hydrogen-bond donors (Lipinski definition) is 1. The molecule has 0 saturated heterocycles. The van der Waals surface area contributed by atoms with Crippen molar-refractivity contribution in [3.63, 3.8) is 0 Å². The van der Waals surface area contributed by atoms with Crippen LogP contribution in [-0.4, -0.2) is 18.2 Å². The zero-order valence-corrected chi connectivity index (χ0v) is 14.6. The first-order valence-electron chi connectivity index (χ1n) is 6.92. The quantitative estimate of drug-likeness (QED) is 0.742. The molecule has 1 unspecified atom stereocenters. The maximum Gasteiger partial charge on any atom is 0.340 e. The van der Waals surface area contributed by atoms with Crippen LogP contribution < -0.4 is 0 Å². The number of aliphatic hydroxyl groups is 1. The van der Waals surface area contributed by atoms with E-state index in [1.165, 1.54) is 19.2 Å². The molecule has 6 heteroatoms. The van der Waals surface area contributed by atoms with Crippen molar-refractivity contribution in [2.45, 2.75) is 18.9 Å². The second kappa shape index (κ2) is 8.02. The Bertz CT molecular complexity index is 676. The second-order valence-electron chi connectivity index (χ2n) is 5.03. The summed E-state index contributed by atoms with van der Waals surface area (Å²) in [7, 11) is 1.25. The predicted molar refractivity (Wildman–Crippen MR) is 92.5 cm³/mol. The topological polar surface area (TPSA) is 46.5 Å². The van der Waals surface area contributed by atoms with E-state index >= 15 is 0 Å². The Morgan fingerprint density at radius 3 is 2.22 bits per heavy atom. The van der Waals surface area contributed by atoms with Gasteiger partial charge in [-0.25, -0.2) is 4.79 Å². The second-order valence-corrected chi connectivity index (χ2v) is 6.28. The molecule has 0 aliphatic heterocycles. The number of methoxy groups -OCH3 is 1. The van der Waals surface area contributed by atoms with Gasteiger partial charge in [0, 0.05) is 5.02 Å². The number of benzene rings is 2. The van der Waals surface area contributed by atoms with Crippen molar-refractivity contribution in [2.75, 3.05) is 7.11 Å². The van der Waals surface area contributed by atoms with E-state index in [1.807, 2.05) is 24.3 Å². The van der Waals surface area contributed by atoms with Crippen molar-refractivity contribution in [1.82, 2.24) is 0 Å². The number of rotatable bonds is 5. The van der Waals surface area contributed by atoms with Gasteiger partial charge >= 0.3 is 5.97 Å². The van der Waals surface area contributed by atoms with Gasteiger partial charge in [0.1, 0.15) is 0 Å². The van der Waals surface area contributed by atoms with E-state index in [2.05, 4.69) is 4.74 Å². The highest BCUT2D eigenvalue weighted by Gasteiger charge is 2.19. The lowest BCUT2D eigenvalue weighted by molar-refractivity contribution is 0.0601. The molecule has 122 valence electrons. The lowest BCUT2D eigenvalue weighted by Gasteiger charge is -2.14. The lowest BCUT2D eigenvalue weighted by Crippen LogP contribution is -2.06. The van der Waals surface area contributed by atoms with E-state index in [9.17, 15) is 9.90 Å². The minimum absolute atomic E-state index is 0.101. The summed E-state index contributed by atoms with van der Waals surface area (Å²) in [5.41, 5.74) is 1.72. The fourth-order valence-electron chi connectivity index (χ4n) is 2.20. The Labute approximate surface area is 149 Å². The van der Waals surface area contributed by atoms with E-state index < -0.39 is 12.1 Å². The molecule has 2 rings (SSSR count). The third-order valence-corrected chi connectivity index (χ3v) is 4.31. The van der Waals surface area contributed by atoms with Crippen LogP contribution >= 0.6 is 34.8 Å². The van der Waals surface area contributed by atoms with Crippen molar-refractivity contribution in [3.8, 4) is 0 Å². The van der Waals surface area contributed by atoms with Gasteiger partial charge in [0.25, 0.3) is 0 Å². The highest BCUT2D eigenvalue weighted by Crippen LogP contribution is 2.31. The highest BCUT2D eigenvalue weighted by molar-refractivity contribution is 6.39. The summed E-state index contributed by atoms with van der Waals surface area (Å²) in [5, 5.41) is 11.3. The predicted octanol–water partition coefficient (Wildman–Crippen LogP) is 5.10. The van der Waals surface area contributed by atoms with Crippen LogP contribution in [0.2, 0.25) is 15.1 Å². The van der Waals surface area contributed by atoms with Crippen molar-refractivity contribution in [3.05, 3.63) is 68.2 Å². The Kier molecular flexibility index (Phi) is 6.31. The minimum atomic E-state index is -0.743. The molecule has 1 atom stereocenters. The van der Waals surface area contributed by atoms with Crippen LogP contribution in [0.3, 0.4) is 0 Å². The third-order valence-electron chi connectivity index (χ3n) is 3.46. The number of esters is 1. The molecule has 23 heavy (non-hydrogen) atoms. The minimum Gasteiger partial charge on any atom is -0.465 e. The molecule has 2 aromatic carbocycles. The maximum absolute atomic E-state index is 11.6. The average Bonchev–Trinajstić information content (AvgIpc) is 2.53. The smallest absolute Gasteiger partial charge is 0.340 e. The monoisotopic (exact) mass is 372 g/mol. The van der Waals surface area contributed by atoms with E-state index in [-0.39, 0.29) is 15.6 Å². The number of carbonyl (C=O) groups is 1. The molecule has 1 N–H and O–H groups in total. The summed E-state index contributed by atoms with van der Waals surface area (Å²) >= 11 is 18.0. The number of carbonyl (C=O) groups excluding carboxylic acids is 1. The average molecular weight is 374 g/mol. The Balaban J connectivity index is 2.11. The number of ether oxygens (including phenoxy) is 1. The standard InChI is InChI=1S/C17H15Cl3O3/c1-23-17(22)16-13(19)8-11(9-14(16)20)15(21)7-4-10-2-5-12(18)6-3-10/h2-3,5-6,8-9,15,21H,4,7H2,1H3. The molecule has 0 aliphatic carbocycles. The van der Waals surface area contributed by atoms with Crippen molar-refractivity contribution in [2.24, 2.45) is 0 Å². The highest BCUT2D eigenvalue weighted by atomic mass is 35.5. The van der Waals surface area contributed by atoms with Crippen molar-refractivity contribution < 1.29 is 14.6 Å². The molecule has 0 spiro atoms. The summed E-state index contributed by atoms with van der Waals surface area (Å²) in [5.74, 6) is -0.609. The van der Waals surface area contributed by atoms with Gasteiger partial charge in [-0.15, -0.1) is 0 Å². The fourth-order valence-corrected chi connectivity index (χ4v) is 2.99. The first kappa shape index (κ1) is 18.1. The Morgan fingerprint density at radius 2 is 1.70 bits per heavy atom. The fraction of sp³-hybridized carbons (Fsp3) is 0.235. The first-order valence-corrected chi connectivity index (χ1v) is 8.05. The molecule has 0 fully saturated rings. The van der Waals surface area contributed by atoms with Crippen LogP contribution in [0.1, 0.15) is 34.0 Å². The van der Waals surface area contributed by atoms with Crippen LogP contribution in [-0.2, 0) is 11.2 Å². The van der Waals surface area contributed by atoms with E-state index in [0.717, 1.165) is 5.56 Å². The molecule has 0 heterocycles. The normalized spacial score (nSPS) is 12.0. The molecule has 0 bridgehead atoms. The number of hydrogen-bond acceptors (Lipinski definition) is 3. The van der Waals surface area contributed by atoms with E-state index in [0.29, 0.717) is 23.4 Å². The summed E-state index contributed by atoms with van der Waals surface area (Å²) in [6.45, 7) is 0. The van der Waals surface area contributed by atoms with Crippen molar-refractivity contribution >= 4 is 40.8 Å². The SMILES string of the molecule is COC(=O)c1c(Cl)cc(C(O)CCc2ccc(Cl)cc2)cc1Cl. The van der Waals surface area contributed by atoms with Crippen LogP contribution in [0.4, 0.5) is 0 Å². The molecule has 0 amide bonds. The largest absolute Gasteiger partial charge is 0.465 e. The number of aryl methyl sites for hydroxylation is 1.